The number of rotatable bonds is 16. The van der Waals surface area contributed by atoms with Crippen LogP contribution in [0, 0.1) is 0 Å². The molecule has 0 saturated carbocycles. The Morgan fingerprint density at radius 1 is 0.196 bits per heavy atom. The molecular weight excluding hydrogens is 1370 g/mol. The van der Waals surface area contributed by atoms with E-state index in [1.807, 2.05) is 36.4 Å². The average molecular weight is 1450 g/mol. The molecule has 0 N–H and O–H groups in total. The highest BCUT2D eigenvalue weighted by Gasteiger charge is 2.26. The zero-order valence-electron chi connectivity index (χ0n) is 62.4. The molecule has 112 heavy (non-hydrogen) atoms. The van der Waals surface area contributed by atoms with Crippen LogP contribution in [0.15, 0.2) is 388 Å². The minimum Gasteiger partial charge on any atom is -0.497 e. The van der Waals surface area contributed by atoms with Gasteiger partial charge in [0.25, 0.3) is 0 Å². The van der Waals surface area contributed by atoms with E-state index in [2.05, 4.69) is 371 Å². The van der Waals surface area contributed by atoms with Gasteiger partial charge < -0.3 is 37.9 Å². The molecule has 18 aromatic carbocycles. The standard InChI is InChI=1S/2C52H38N2O2/c1-55-40-31-23-35(24-32-40)50-44-17-6-7-18-45(44)51(36-25-33-41(56-2)34-26-36)52-46(50)19-12-22-49(52)53(37-13-4-3-5-14-37)38-27-29-39(30-28-38)54-47-20-10-8-15-42(47)43-16-9-11-21-48(43)54;1-55-41-29-20-35(21-30-41)51-45-16-6-7-17-46(45)52(36-22-31-42(56-2)32-23-36)48-34-40(28-33-47(48)51)53(37-12-4-3-5-13-37)38-24-26-39(27-25-38)54-49-18-10-8-14-43(49)44-15-9-11-19-50(44)54/h2*3-34H,1-2H3. The number of anilines is 6. The van der Waals surface area contributed by atoms with Crippen LogP contribution in [0.2, 0.25) is 0 Å². The first kappa shape index (κ1) is 68.0. The van der Waals surface area contributed by atoms with Gasteiger partial charge in [0.1, 0.15) is 23.0 Å². The second-order valence-corrected chi connectivity index (χ2v) is 28.0. The molecule has 8 heteroatoms. The van der Waals surface area contributed by atoms with Gasteiger partial charge in [0.2, 0.25) is 0 Å². The summed E-state index contributed by atoms with van der Waals surface area (Å²) in [5.41, 5.74) is 22.7. The second kappa shape index (κ2) is 29.2. The van der Waals surface area contributed by atoms with Crippen molar-refractivity contribution in [3.8, 4) is 78.9 Å². The lowest BCUT2D eigenvalue weighted by Gasteiger charge is -2.29. The van der Waals surface area contributed by atoms with Crippen molar-refractivity contribution in [2.24, 2.45) is 0 Å². The molecule has 2 heterocycles. The second-order valence-electron chi connectivity index (χ2n) is 28.0. The number of fused-ring (bicyclic) bond motifs is 10. The highest BCUT2D eigenvalue weighted by Crippen LogP contribution is 2.52. The highest BCUT2D eigenvalue weighted by atomic mass is 16.5. The fraction of sp³-hybridized carbons (Fsp3) is 0.0385. The van der Waals surface area contributed by atoms with Gasteiger partial charge in [0.15, 0.2) is 0 Å². The normalized spacial score (nSPS) is 11.4. The Bertz CT molecular complexity index is 6700. The van der Waals surface area contributed by atoms with Crippen molar-refractivity contribution in [1.29, 1.82) is 0 Å². The highest BCUT2D eigenvalue weighted by molar-refractivity contribution is 6.26. The molecule has 8 nitrogen and oxygen atoms in total. The predicted molar refractivity (Wildman–Crippen MR) is 469 cm³/mol. The molecule has 0 aliphatic heterocycles. The van der Waals surface area contributed by atoms with Gasteiger partial charge in [-0.2, -0.15) is 0 Å². The molecule has 0 atom stereocenters. The van der Waals surface area contributed by atoms with Crippen molar-refractivity contribution in [3.05, 3.63) is 388 Å². The molecule has 536 valence electrons. The minimum absolute atomic E-state index is 0.826. The Balaban J connectivity index is 0.000000151. The van der Waals surface area contributed by atoms with E-state index in [0.717, 1.165) is 96.1 Å². The quantitative estimate of drug-likeness (QED) is 0.0899. The number of nitrogens with zero attached hydrogens (tertiary/aromatic N) is 4. The molecule has 0 aliphatic carbocycles. The number of benzene rings is 18. The lowest BCUT2D eigenvalue weighted by atomic mass is 9.85. The van der Waals surface area contributed by atoms with E-state index in [1.54, 1.807) is 28.4 Å². The van der Waals surface area contributed by atoms with Crippen LogP contribution in [0.25, 0.3) is 143 Å². The number of hydrogen-bond donors (Lipinski definition) is 0. The molecule has 0 unspecified atom stereocenters. The molecule has 20 rings (SSSR count). The van der Waals surface area contributed by atoms with Crippen molar-refractivity contribution < 1.29 is 18.9 Å². The number of methoxy groups -OCH3 is 4. The van der Waals surface area contributed by atoms with E-state index in [1.165, 1.54) is 104 Å². The van der Waals surface area contributed by atoms with Crippen molar-refractivity contribution in [3.63, 3.8) is 0 Å². The summed E-state index contributed by atoms with van der Waals surface area (Å²) < 4.78 is 27.1. The molecule has 0 amide bonds. The van der Waals surface area contributed by atoms with Gasteiger partial charge in [-0.05, 0) is 246 Å². The molecule has 0 saturated heterocycles. The first-order valence-corrected chi connectivity index (χ1v) is 37.8. The van der Waals surface area contributed by atoms with Gasteiger partial charge in [-0.15, -0.1) is 0 Å². The summed E-state index contributed by atoms with van der Waals surface area (Å²) in [6.45, 7) is 0. The van der Waals surface area contributed by atoms with Crippen LogP contribution in [0.4, 0.5) is 34.1 Å². The van der Waals surface area contributed by atoms with Crippen molar-refractivity contribution in [1.82, 2.24) is 9.13 Å². The topological polar surface area (TPSA) is 53.3 Å². The largest absolute Gasteiger partial charge is 0.497 e. The Hall–Kier alpha value is -14.6. The lowest BCUT2D eigenvalue weighted by Crippen LogP contribution is -2.11. The maximum atomic E-state index is 5.62. The van der Waals surface area contributed by atoms with Crippen LogP contribution < -0.4 is 28.7 Å². The molecule has 0 radical (unpaired) electrons. The van der Waals surface area contributed by atoms with Crippen LogP contribution in [0.3, 0.4) is 0 Å². The number of para-hydroxylation sites is 6. The van der Waals surface area contributed by atoms with Crippen molar-refractivity contribution in [2.75, 3.05) is 38.2 Å². The fourth-order valence-corrected chi connectivity index (χ4v) is 16.9. The molecule has 0 bridgehead atoms. The van der Waals surface area contributed by atoms with Gasteiger partial charge in [-0.1, -0.05) is 224 Å². The van der Waals surface area contributed by atoms with Crippen molar-refractivity contribution in [2.45, 2.75) is 0 Å². The lowest BCUT2D eigenvalue weighted by molar-refractivity contribution is 0.415. The molecular formula is C104H76N4O4. The van der Waals surface area contributed by atoms with E-state index >= 15 is 0 Å². The summed E-state index contributed by atoms with van der Waals surface area (Å²) >= 11 is 0. The van der Waals surface area contributed by atoms with Crippen LogP contribution in [0.5, 0.6) is 23.0 Å². The average Bonchev–Trinajstić information content (AvgIpc) is 1.12. The third-order valence-electron chi connectivity index (χ3n) is 22.0. The number of hydrogen-bond acceptors (Lipinski definition) is 6. The smallest absolute Gasteiger partial charge is 0.118 e. The molecule has 2 aromatic heterocycles. The Morgan fingerprint density at radius 3 is 0.857 bits per heavy atom. The molecule has 0 aliphatic rings. The van der Waals surface area contributed by atoms with Gasteiger partial charge in [-0.25, -0.2) is 0 Å². The van der Waals surface area contributed by atoms with E-state index in [0.29, 0.717) is 0 Å². The maximum absolute atomic E-state index is 5.62. The Labute approximate surface area is 650 Å². The summed E-state index contributed by atoms with van der Waals surface area (Å²) in [6, 6.07) is 139. The summed E-state index contributed by atoms with van der Waals surface area (Å²) in [5.74, 6) is 3.32. The van der Waals surface area contributed by atoms with E-state index < -0.39 is 0 Å². The van der Waals surface area contributed by atoms with Gasteiger partial charge in [0, 0.05) is 66.7 Å². The summed E-state index contributed by atoms with van der Waals surface area (Å²) in [4.78, 5) is 4.76. The predicted octanol–water partition coefficient (Wildman–Crippen LogP) is 27.8. The first-order valence-electron chi connectivity index (χ1n) is 37.8. The zero-order valence-corrected chi connectivity index (χ0v) is 62.4. The number of ether oxygens (including phenoxy) is 4. The minimum atomic E-state index is 0.826. The van der Waals surface area contributed by atoms with E-state index in [-0.39, 0.29) is 0 Å². The van der Waals surface area contributed by atoms with Crippen LogP contribution >= 0.6 is 0 Å². The van der Waals surface area contributed by atoms with Gasteiger partial charge >= 0.3 is 0 Å². The van der Waals surface area contributed by atoms with Gasteiger partial charge in [0.05, 0.1) is 56.2 Å². The summed E-state index contributed by atoms with van der Waals surface area (Å²) in [7, 11) is 6.85. The Morgan fingerprint density at radius 2 is 0.473 bits per heavy atom. The third kappa shape index (κ3) is 12.0. The van der Waals surface area contributed by atoms with Crippen molar-refractivity contribution >= 4 is 121 Å². The summed E-state index contributed by atoms with van der Waals surface area (Å²) in [6.07, 6.45) is 0. The SMILES string of the molecule is COc1ccc(-c2c3ccccc3c(-c3ccc(OC)cc3)c3c(N(c4ccccc4)c4ccc(-n5c6ccccc6c6ccccc65)cc4)cccc23)cc1.COc1ccc(-c2c3ccccc3c(-c3ccc(OC)cc3)c3cc(N(c4ccccc4)c4ccc(-n5c6ccccc6c6ccccc65)cc4)ccc23)cc1. The molecule has 0 fully saturated rings. The zero-order chi connectivity index (χ0) is 75.2. The van der Waals surface area contributed by atoms with Crippen LogP contribution in [0.1, 0.15) is 0 Å². The Kier molecular flexibility index (Phi) is 17.7. The molecule has 20 aromatic rings. The van der Waals surface area contributed by atoms with E-state index in [9.17, 15) is 0 Å². The number of aromatic nitrogens is 2. The molecule has 0 spiro atoms. The third-order valence-corrected chi connectivity index (χ3v) is 22.0. The van der Waals surface area contributed by atoms with Crippen LogP contribution in [-0.4, -0.2) is 37.6 Å². The summed E-state index contributed by atoms with van der Waals surface area (Å²) in [5, 5.41) is 14.4. The monoisotopic (exact) mass is 1440 g/mol. The fourth-order valence-electron chi connectivity index (χ4n) is 16.9. The first-order chi connectivity index (χ1) is 55.4. The maximum Gasteiger partial charge on any atom is 0.118 e. The van der Waals surface area contributed by atoms with Gasteiger partial charge in [-0.3, -0.25) is 0 Å². The van der Waals surface area contributed by atoms with E-state index in [4.69, 9.17) is 18.9 Å². The van der Waals surface area contributed by atoms with Crippen LogP contribution in [-0.2, 0) is 0 Å².